The normalized spacial score (nSPS) is 12.6. The zero-order chi connectivity index (χ0) is 9.40. The van der Waals surface area contributed by atoms with Crippen LogP contribution in [0.15, 0.2) is 5.29 Å². The van der Waals surface area contributed by atoms with Crippen molar-refractivity contribution in [1.82, 2.24) is 10.5 Å². The minimum atomic E-state index is -0.305. The van der Waals surface area contributed by atoms with E-state index in [2.05, 4.69) is 10.7 Å². The van der Waals surface area contributed by atoms with Gasteiger partial charge < -0.3 is 10.8 Å². The van der Waals surface area contributed by atoms with E-state index in [9.17, 15) is 4.91 Å². The minimum absolute atomic E-state index is 0.110. The zero-order valence-corrected chi connectivity index (χ0v) is 7.23. The highest BCUT2D eigenvalue weighted by Gasteiger charge is 2.09. The third-order valence-electron chi connectivity index (χ3n) is 1.42. The van der Waals surface area contributed by atoms with Crippen molar-refractivity contribution in [2.75, 3.05) is 19.7 Å². The van der Waals surface area contributed by atoms with E-state index >= 15 is 0 Å². The third-order valence-corrected chi connectivity index (χ3v) is 1.42. The lowest BCUT2D eigenvalue weighted by molar-refractivity contribution is 0.0869. The van der Waals surface area contributed by atoms with Crippen molar-refractivity contribution in [2.24, 2.45) is 11.0 Å². The van der Waals surface area contributed by atoms with Crippen LogP contribution in [0.1, 0.15) is 13.3 Å². The molecule has 0 saturated carbocycles. The molecule has 0 rings (SSSR count). The average molecular weight is 176 g/mol. The van der Waals surface area contributed by atoms with Crippen LogP contribution in [-0.2, 0) is 0 Å². The number of nitrogens with two attached hydrogens (primary N) is 1. The largest absolute Gasteiger partial charge is 0.394 e. The second-order valence-electron chi connectivity index (χ2n) is 2.51. The van der Waals surface area contributed by atoms with Crippen LogP contribution in [0, 0.1) is 4.91 Å². The third kappa shape index (κ3) is 4.22. The maximum absolute atomic E-state index is 10.2. The molecule has 0 aromatic heterocycles. The lowest BCUT2D eigenvalue weighted by Gasteiger charge is -2.21. The SMILES string of the molecule is CC(CO)N(N=O)NCCCN. The van der Waals surface area contributed by atoms with Crippen molar-refractivity contribution in [3.63, 3.8) is 0 Å². The Kier molecular flexibility index (Phi) is 6.54. The molecule has 0 amide bonds. The van der Waals surface area contributed by atoms with Crippen LogP contribution in [0.3, 0.4) is 0 Å². The number of rotatable bonds is 7. The fourth-order valence-corrected chi connectivity index (χ4v) is 0.638. The first-order valence-electron chi connectivity index (χ1n) is 3.93. The average Bonchev–Trinajstić information content (AvgIpc) is 2.11. The molecular weight excluding hydrogens is 160 g/mol. The van der Waals surface area contributed by atoms with Crippen molar-refractivity contribution in [3.8, 4) is 0 Å². The van der Waals surface area contributed by atoms with Crippen LogP contribution in [0.2, 0.25) is 0 Å². The van der Waals surface area contributed by atoms with E-state index in [-0.39, 0.29) is 12.6 Å². The quantitative estimate of drug-likeness (QED) is 0.268. The lowest BCUT2D eigenvalue weighted by atomic mass is 10.4. The van der Waals surface area contributed by atoms with Crippen molar-refractivity contribution < 1.29 is 5.11 Å². The van der Waals surface area contributed by atoms with Crippen LogP contribution in [0.4, 0.5) is 0 Å². The van der Waals surface area contributed by atoms with Gasteiger partial charge in [-0.15, -0.1) is 4.91 Å². The first-order chi connectivity index (χ1) is 5.76. The molecule has 1 atom stereocenters. The molecule has 4 N–H and O–H groups in total. The molecule has 12 heavy (non-hydrogen) atoms. The number of hydrazine groups is 1. The summed E-state index contributed by atoms with van der Waals surface area (Å²) in [6.45, 7) is 2.73. The Morgan fingerprint density at radius 2 is 2.42 bits per heavy atom. The highest BCUT2D eigenvalue weighted by Crippen LogP contribution is 1.93. The van der Waals surface area contributed by atoms with Gasteiger partial charge in [0.1, 0.15) is 0 Å². The topological polar surface area (TPSA) is 90.9 Å². The summed E-state index contributed by atoms with van der Waals surface area (Å²) < 4.78 is 0. The molecule has 0 heterocycles. The zero-order valence-electron chi connectivity index (χ0n) is 7.23. The van der Waals surface area contributed by atoms with Gasteiger partial charge in [-0.2, -0.15) is 5.12 Å². The van der Waals surface area contributed by atoms with Gasteiger partial charge in [0.25, 0.3) is 0 Å². The maximum atomic E-state index is 10.2. The highest BCUT2D eigenvalue weighted by atomic mass is 16.3. The van der Waals surface area contributed by atoms with Crippen molar-refractivity contribution in [2.45, 2.75) is 19.4 Å². The monoisotopic (exact) mass is 176 g/mol. The molecule has 0 aliphatic carbocycles. The van der Waals surface area contributed by atoms with E-state index < -0.39 is 0 Å². The molecule has 0 bridgehead atoms. The standard InChI is InChI=1S/C6H16N4O2/c1-6(5-11)10(9-12)8-4-2-3-7/h6,8,11H,2-5,7H2,1H3. The van der Waals surface area contributed by atoms with Crippen molar-refractivity contribution >= 4 is 0 Å². The van der Waals surface area contributed by atoms with Crippen LogP contribution >= 0.6 is 0 Å². The van der Waals surface area contributed by atoms with E-state index in [4.69, 9.17) is 10.8 Å². The molecule has 0 aliphatic heterocycles. The number of nitroso groups, excluding NO2 is 1. The van der Waals surface area contributed by atoms with Gasteiger partial charge in [0.15, 0.2) is 0 Å². The van der Waals surface area contributed by atoms with Crippen molar-refractivity contribution in [3.05, 3.63) is 4.91 Å². The van der Waals surface area contributed by atoms with Gasteiger partial charge in [0.2, 0.25) is 0 Å². The fraction of sp³-hybridized carbons (Fsp3) is 1.00. The second kappa shape index (κ2) is 6.96. The van der Waals surface area contributed by atoms with Crippen LogP contribution in [0.25, 0.3) is 0 Å². The van der Waals surface area contributed by atoms with Crippen LogP contribution < -0.4 is 11.2 Å². The summed E-state index contributed by atoms with van der Waals surface area (Å²) in [6, 6.07) is -0.305. The highest BCUT2D eigenvalue weighted by molar-refractivity contribution is 4.57. The molecule has 0 spiro atoms. The summed E-state index contributed by atoms with van der Waals surface area (Å²) >= 11 is 0. The smallest absolute Gasteiger partial charge is 0.0877 e. The molecule has 72 valence electrons. The minimum Gasteiger partial charge on any atom is -0.394 e. The van der Waals surface area contributed by atoms with Gasteiger partial charge in [-0.1, -0.05) is 0 Å². The lowest BCUT2D eigenvalue weighted by Crippen LogP contribution is -2.42. The summed E-state index contributed by atoms with van der Waals surface area (Å²) in [5.41, 5.74) is 7.98. The molecule has 0 aromatic rings. The first-order valence-corrected chi connectivity index (χ1v) is 3.93. The molecule has 0 aliphatic rings. The number of aliphatic hydroxyl groups excluding tert-OH is 1. The summed E-state index contributed by atoms with van der Waals surface area (Å²) in [5.74, 6) is 0. The Balaban J connectivity index is 3.59. The number of hydrogen-bond donors (Lipinski definition) is 3. The molecule has 0 fully saturated rings. The molecule has 0 aromatic carbocycles. The Hall–Kier alpha value is -0.720. The summed E-state index contributed by atoms with van der Waals surface area (Å²) in [5, 5.41) is 12.5. The molecular formula is C6H16N4O2. The molecule has 6 nitrogen and oxygen atoms in total. The molecule has 6 heteroatoms. The Morgan fingerprint density at radius 3 is 2.83 bits per heavy atom. The van der Waals surface area contributed by atoms with Crippen LogP contribution in [-0.4, -0.2) is 36.0 Å². The summed E-state index contributed by atoms with van der Waals surface area (Å²) in [7, 11) is 0. The van der Waals surface area contributed by atoms with Crippen LogP contribution in [0.5, 0.6) is 0 Å². The van der Waals surface area contributed by atoms with Gasteiger partial charge >= 0.3 is 0 Å². The number of aliphatic hydroxyl groups is 1. The van der Waals surface area contributed by atoms with Gasteiger partial charge in [0.05, 0.1) is 17.9 Å². The number of hydrogen-bond acceptors (Lipinski definition) is 5. The molecule has 0 saturated heterocycles. The summed E-state index contributed by atoms with van der Waals surface area (Å²) in [4.78, 5) is 10.2. The summed E-state index contributed by atoms with van der Waals surface area (Å²) in [6.07, 6.45) is 0.768. The predicted octanol–water partition coefficient (Wildman–Crippen LogP) is -0.796. The Bertz CT molecular complexity index is 122. The van der Waals surface area contributed by atoms with Gasteiger partial charge in [-0.05, 0) is 19.9 Å². The number of nitrogens with zero attached hydrogens (tertiary/aromatic N) is 2. The van der Waals surface area contributed by atoms with E-state index in [1.165, 1.54) is 0 Å². The second-order valence-corrected chi connectivity index (χ2v) is 2.51. The maximum Gasteiger partial charge on any atom is 0.0877 e. The first kappa shape index (κ1) is 11.3. The van der Waals surface area contributed by atoms with Gasteiger partial charge in [-0.25, -0.2) is 5.43 Å². The molecule has 0 radical (unpaired) electrons. The molecule has 1 unspecified atom stereocenters. The Morgan fingerprint density at radius 1 is 1.75 bits per heavy atom. The predicted molar refractivity (Wildman–Crippen MR) is 45.9 cm³/mol. The fourth-order valence-electron chi connectivity index (χ4n) is 0.638. The number of nitrogens with one attached hydrogen (secondary N) is 1. The van der Waals surface area contributed by atoms with E-state index in [1.807, 2.05) is 0 Å². The van der Waals surface area contributed by atoms with E-state index in [1.54, 1.807) is 6.92 Å². The van der Waals surface area contributed by atoms with E-state index in [0.29, 0.717) is 13.1 Å². The van der Waals surface area contributed by atoms with Gasteiger partial charge in [0, 0.05) is 6.54 Å². The van der Waals surface area contributed by atoms with E-state index in [0.717, 1.165) is 11.5 Å². The van der Waals surface area contributed by atoms with Gasteiger partial charge in [-0.3, -0.25) is 0 Å². The van der Waals surface area contributed by atoms with Crippen molar-refractivity contribution in [1.29, 1.82) is 0 Å². The Labute approximate surface area is 71.6 Å².